The van der Waals surface area contributed by atoms with Crippen LogP contribution in [0.5, 0.6) is 0 Å². The van der Waals surface area contributed by atoms with Gasteiger partial charge < -0.3 is 0 Å². The summed E-state index contributed by atoms with van der Waals surface area (Å²) in [4.78, 5) is 4.21. The van der Waals surface area contributed by atoms with Crippen LogP contribution in [-0.4, -0.2) is 14.6 Å². The molecular weight excluding hydrogens is 229 g/mol. The Bertz CT molecular complexity index is 748. The van der Waals surface area contributed by atoms with Crippen molar-refractivity contribution in [2.24, 2.45) is 0 Å². The summed E-state index contributed by atoms with van der Waals surface area (Å²) >= 11 is 0. The number of halogens is 1. The van der Waals surface area contributed by atoms with Gasteiger partial charge in [0, 0.05) is 24.0 Å². The molecule has 0 unspecified atom stereocenters. The lowest BCUT2D eigenvalue weighted by molar-refractivity contribution is 0.627. The van der Waals surface area contributed by atoms with Crippen LogP contribution in [0.1, 0.15) is 11.1 Å². The van der Waals surface area contributed by atoms with E-state index in [9.17, 15) is 4.39 Å². The molecule has 0 amide bonds. The Morgan fingerprint density at radius 3 is 2.61 bits per heavy atom. The molecule has 3 nitrogen and oxygen atoms in total. The Morgan fingerprint density at radius 1 is 1.00 bits per heavy atom. The quantitative estimate of drug-likeness (QED) is 0.561. The molecule has 18 heavy (non-hydrogen) atoms. The molecular formula is C14H8FN3. The van der Waals surface area contributed by atoms with Crippen molar-refractivity contribution in [1.29, 1.82) is 0 Å². The Labute approximate surface area is 103 Å². The Balaban J connectivity index is 1.94. The average molecular weight is 237 g/mol. The molecule has 3 aromatic rings. The highest BCUT2D eigenvalue weighted by Crippen LogP contribution is 2.03. The van der Waals surface area contributed by atoms with Gasteiger partial charge in [-0.3, -0.25) is 0 Å². The average Bonchev–Trinajstić information content (AvgIpc) is 2.85. The van der Waals surface area contributed by atoms with E-state index in [2.05, 4.69) is 21.9 Å². The molecule has 0 aliphatic rings. The van der Waals surface area contributed by atoms with Crippen molar-refractivity contribution in [1.82, 2.24) is 14.6 Å². The van der Waals surface area contributed by atoms with Crippen molar-refractivity contribution >= 4 is 5.65 Å². The molecule has 3 rings (SSSR count). The third-order valence-electron chi connectivity index (χ3n) is 2.44. The Kier molecular flexibility index (Phi) is 2.50. The smallest absolute Gasteiger partial charge is 0.154 e. The van der Waals surface area contributed by atoms with E-state index in [1.165, 1.54) is 12.1 Å². The summed E-state index contributed by atoms with van der Waals surface area (Å²) in [6.45, 7) is 0. The summed E-state index contributed by atoms with van der Waals surface area (Å²) < 4.78 is 14.4. The maximum Gasteiger partial charge on any atom is 0.154 e. The highest BCUT2D eigenvalue weighted by Gasteiger charge is 1.95. The van der Waals surface area contributed by atoms with Crippen LogP contribution in [0.25, 0.3) is 5.65 Å². The summed E-state index contributed by atoms with van der Waals surface area (Å²) in [5.41, 5.74) is 2.30. The molecule has 0 bridgehead atoms. The molecule has 0 fully saturated rings. The van der Waals surface area contributed by atoms with Gasteiger partial charge in [-0.1, -0.05) is 11.8 Å². The van der Waals surface area contributed by atoms with Crippen LogP contribution < -0.4 is 0 Å². The van der Waals surface area contributed by atoms with Crippen molar-refractivity contribution < 1.29 is 4.39 Å². The molecule has 0 aliphatic heterocycles. The first-order valence-electron chi connectivity index (χ1n) is 5.38. The Morgan fingerprint density at radius 2 is 1.78 bits per heavy atom. The van der Waals surface area contributed by atoms with Gasteiger partial charge in [0.2, 0.25) is 0 Å². The zero-order valence-corrected chi connectivity index (χ0v) is 9.34. The number of aromatic nitrogens is 3. The second kappa shape index (κ2) is 4.30. The lowest BCUT2D eigenvalue weighted by Gasteiger charge is -1.93. The standard InChI is InChI=1S/C14H8FN3/c15-13-5-3-11(4-6-13)1-2-12-9-16-14-7-8-17-18(14)10-12/h3-10H. The lowest BCUT2D eigenvalue weighted by atomic mass is 10.2. The minimum absolute atomic E-state index is 0.264. The molecule has 0 spiro atoms. The van der Waals surface area contributed by atoms with Crippen molar-refractivity contribution in [3.05, 3.63) is 65.9 Å². The lowest BCUT2D eigenvalue weighted by Crippen LogP contribution is -1.90. The zero-order valence-electron chi connectivity index (χ0n) is 9.34. The largest absolute Gasteiger partial charge is 0.236 e. The van der Waals surface area contributed by atoms with Crippen LogP contribution in [0, 0.1) is 17.7 Å². The van der Waals surface area contributed by atoms with Gasteiger partial charge >= 0.3 is 0 Å². The van der Waals surface area contributed by atoms with E-state index in [4.69, 9.17) is 0 Å². The summed E-state index contributed by atoms with van der Waals surface area (Å²) in [5.74, 6) is 5.65. The summed E-state index contributed by atoms with van der Waals surface area (Å²) in [7, 11) is 0. The first-order valence-corrected chi connectivity index (χ1v) is 5.38. The van der Waals surface area contributed by atoms with Gasteiger partial charge in [-0.15, -0.1) is 0 Å². The van der Waals surface area contributed by atoms with Crippen molar-refractivity contribution in [2.45, 2.75) is 0 Å². The van der Waals surface area contributed by atoms with Gasteiger partial charge in [-0.25, -0.2) is 13.9 Å². The topological polar surface area (TPSA) is 30.2 Å². The van der Waals surface area contributed by atoms with Crippen molar-refractivity contribution in [3.63, 3.8) is 0 Å². The number of rotatable bonds is 0. The molecule has 2 heterocycles. The minimum atomic E-state index is -0.264. The Hall–Kier alpha value is -2.67. The fraction of sp³-hybridized carbons (Fsp3) is 0. The van der Waals surface area contributed by atoms with E-state index < -0.39 is 0 Å². The molecule has 86 valence electrons. The summed E-state index contributed by atoms with van der Waals surface area (Å²) in [6, 6.07) is 7.87. The van der Waals surface area contributed by atoms with Crippen LogP contribution >= 0.6 is 0 Å². The molecule has 0 atom stereocenters. The second-order valence-electron chi connectivity index (χ2n) is 3.73. The van der Waals surface area contributed by atoms with E-state index in [0.717, 1.165) is 16.8 Å². The normalized spacial score (nSPS) is 10.1. The fourth-order valence-corrected chi connectivity index (χ4v) is 1.55. The van der Waals surface area contributed by atoms with E-state index in [0.29, 0.717) is 0 Å². The molecule has 1 aromatic carbocycles. The molecule has 4 heteroatoms. The zero-order chi connectivity index (χ0) is 12.4. The maximum absolute atomic E-state index is 12.7. The van der Waals surface area contributed by atoms with E-state index >= 15 is 0 Å². The van der Waals surface area contributed by atoms with Gasteiger partial charge in [-0.2, -0.15) is 5.10 Å². The summed E-state index contributed by atoms with van der Waals surface area (Å²) in [5, 5.41) is 4.08. The summed E-state index contributed by atoms with van der Waals surface area (Å²) in [6.07, 6.45) is 5.17. The predicted octanol–water partition coefficient (Wildman–Crippen LogP) is 2.27. The van der Waals surface area contributed by atoms with Crippen LogP contribution in [0.3, 0.4) is 0 Å². The van der Waals surface area contributed by atoms with Crippen molar-refractivity contribution in [3.8, 4) is 11.8 Å². The molecule has 0 N–H and O–H groups in total. The highest BCUT2D eigenvalue weighted by atomic mass is 19.1. The van der Waals surface area contributed by atoms with Crippen LogP contribution in [0.2, 0.25) is 0 Å². The number of fused-ring (bicyclic) bond motifs is 1. The van der Waals surface area contributed by atoms with E-state index in [-0.39, 0.29) is 5.82 Å². The second-order valence-corrected chi connectivity index (χ2v) is 3.73. The molecule has 0 radical (unpaired) electrons. The van der Waals surface area contributed by atoms with Crippen LogP contribution in [0.15, 0.2) is 48.9 Å². The van der Waals surface area contributed by atoms with Gasteiger partial charge in [0.25, 0.3) is 0 Å². The SMILES string of the molecule is Fc1ccc(C#Cc2cnc3ccnn3c2)cc1. The van der Waals surface area contributed by atoms with Gasteiger partial charge in [0.1, 0.15) is 5.82 Å². The number of benzene rings is 1. The van der Waals surface area contributed by atoms with Crippen molar-refractivity contribution in [2.75, 3.05) is 0 Å². The van der Waals surface area contributed by atoms with Gasteiger partial charge in [0.15, 0.2) is 5.65 Å². The highest BCUT2D eigenvalue weighted by molar-refractivity contribution is 5.44. The molecule has 2 aromatic heterocycles. The van der Waals surface area contributed by atoms with Gasteiger partial charge in [-0.05, 0) is 24.3 Å². The third-order valence-corrected chi connectivity index (χ3v) is 2.44. The first-order chi connectivity index (χ1) is 8.81. The predicted molar refractivity (Wildman–Crippen MR) is 65.4 cm³/mol. The van der Waals surface area contributed by atoms with E-state index in [1.807, 2.05) is 6.07 Å². The molecule has 0 saturated heterocycles. The van der Waals surface area contributed by atoms with E-state index in [1.54, 1.807) is 35.2 Å². The van der Waals surface area contributed by atoms with Crippen LogP contribution in [0.4, 0.5) is 4.39 Å². The van der Waals surface area contributed by atoms with Crippen LogP contribution in [-0.2, 0) is 0 Å². The fourth-order valence-electron chi connectivity index (χ4n) is 1.55. The number of nitrogens with zero attached hydrogens (tertiary/aromatic N) is 3. The first kappa shape index (κ1) is 10.5. The molecule has 0 saturated carbocycles. The number of hydrogen-bond donors (Lipinski definition) is 0. The number of hydrogen-bond acceptors (Lipinski definition) is 2. The molecule has 0 aliphatic carbocycles. The third kappa shape index (κ3) is 2.06. The monoisotopic (exact) mass is 237 g/mol. The minimum Gasteiger partial charge on any atom is -0.236 e. The maximum atomic E-state index is 12.7. The van der Waals surface area contributed by atoms with Gasteiger partial charge in [0.05, 0.1) is 11.8 Å².